The number of nitrogens with zero attached hydrogens (tertiary/aromatic N) is 2. The Hall–Kier alpha value is -3.51. The maximum Gasteiger partial charge on any atom is 0.254 e. The van der Waals surface area contributed by atoms with Crippen molar-refractivity contribution in [2.75, 3.05) is 26.2 Å². The van der Waals surface area contributed by atoms with Gasteiger partial charge in [0.1, 0.15) is 5.82 Å². The maximum atomic E-state index is 13.5. The third-order valence-corrected chi connectivity index (χ3v) is 7.93. The zero-order valence-electron chi connectivity index (χ0n) is 21.3. The van der Waals surface area contributed by atoms with E-state index in [9.17, 15) is 14.0 Å². The SMILES string of the molecule is CC(=O)NC1(c2ccccc2)CCN(CCC2c3ccccc3CCN2C(=O)c2ccc(F)cc2)CC1. The van der Waals surface area contributed by atoms with E-state index in [2.05, 4.69) is 40.5 Å². The first-order chi connectivity index (χ1) is 17.9. The van der Waals surface area contributed by atoms with Gasteiger partial charge in [-0.15, -0.1) is 0 Å². The predicted octanol–water partition coefficient (Wildman–Crippen LogP) is 5.08. The first kappa shape index (κ1) is 25.2. The van der Waals surface area contributed by atoms with Crippen LogP contribution in [0.15, 0.2) is 78.9 Å². The summed E-state index contributed by atoms with van der Waals surface area (Å²) in [6.45, 7) is 4.84. The van der Waals surface area contributed by atoms with Crippen molar-refractivity contribution in [2.24, 2.45) is 0 Å². The van der Waals surface area contributed by atoms with E-state index in [1.165, 1.54) is 23.3 Å². The quantitative estimate of drug-likeness (QED) is 0.515. The molecule has 0 aliphatic carbocycles. The summed E-state index contributed by atoms with van der Waals surface area (Å²) in [5, 5.41) is 3.25. The van der Waals surface area contributed by atoms with E-state index >= 15 is 0 Å². The van der Waals surface area contributed by atoms with Gasteiger partial charge in [0.2, 0.25) is 5.91 Å². The van der Waals surface area contributed by atoms with Crippen molar-refractivity contribution in [1.29, 1.82) is 0 Å². The fourth-order valence-corrected chi connectivity index (χ4v) is 6.01. The first-order valence-corrected chi connectivity index (χ1v) is 13.2. The van der Waals surface area contributed by atoms with Crippen LogP contribution in [0.3, 0.4) is 0 Å². The molecule has 1 saturated heterocycles. The monoisotopic (exact) mass is 499 g/mol. The molecule has 6 heteroatoms. The number of likely N-dealkylation sites (tertiary alicyclic amines) is 1. The van der Waals surface area contributed by atoms with Crippen LogP contribution in [-0.4, -0.2) is 47.8 Å². The van der Waals surface area contributed by atoms with Gasteiger partial charge in [0.05, 0.1) is 11.6 Å². The molecule has 0 radical (unpaired) electrons. The topological polar surface area (TPSA) is 52.7 Å². The van der Waals surface area contributed by atoms with Crippen molar-refractivity contribution < 1.29 is 14.0 Å². The lowest BCUT2D eigenvalue weighted by Gasteiger charge is -2.44. The predicted molar refractivity (Wildman–Crippen MR) is 143 cm³/mol. The van der Waals surface area contributed by atoms with Crippen LogP contribution in [0.5, 0.6) is 0 Å². The van der Waals surface area contributed by atoms with Crippen LogP contribution in [0.2, 0.25) is 0 Å². The minimum Gasteiger partial charge on any atom is -0.347 e. The summed E-state index contributed by atoms with van der Waals surface area (Å²) >= 11 is 0. The van der Waals surface area contributed by atoms with E-state index in [4.69, 9.17) is 0 Å². The fourth-order valence-electron chi connectivity index (χ4n) is 6.01. The van der Waals surface area contributed by atoms with E-state index in [0.29, 0.717) is 12.1 Å². The van der Waals surface area contributed by atoms with Crippen molar-refractivity contribution in [1.82, 2.24) is 15.1 Å². The molecule has 3 aromatic carbocycles. The summed E-state index contributed by atoms with van der Waals surface area (Å²) in [5.41, 5.74) is 3.83. The lowest BCUT2D eigenvalue weighted by Crippen LogP contribution is -2.53. The molecule has 5 rings (SSSR count). The number of nitrogens with one attached hydrogen (secondary N) is 1. The van der Waals surface area contributed by atoms with E-state index in [-0.39, 0.29) is 29.2 Å². The number of fused-ring (bicyclic) bond motifs is 1. The van der Waals surface area contributed by atoms with Crippen LogP contribution in [0, 0.1) is 5.82 Å². The number of hydrogen-bond acceptors (Lipinski definition) is 3. The minimum atomic E-state index is -0.342. The number of carbonyl (C=O) groups is 2. The highest BCUT2D eigenvalue weighted by atomic mass is 19.1. The molecule has 2 aliphatic heterocycles. The molecule has 2 amide bonds. The second-order valence-corrected chi connectivity index (χ2v) is 10.2. The number of piperidine rings is 1. The van der Waals surface area contributed by atoms with Gasteiger partial charge in [0.25, 0.3) is 5.91 Å². The molecule has 1 unspecified atom stereocenters. The Kier molecular flexibility index (Phi) is 7.38. The molecular formula is C31H34FN3O2. The van der Waals surface area contributed by atoms with E-state index < -0.39 is 0 Å². The van der Waals surface area contributed by atoms with Gasteiger partial charge >= 0.3 is 0 Å². The van der Waals surface area contributed by atoms with Crippen LogP contribution in [-0.2, 0) is 16.8 Å². The van der Waals surface area contributed by atoms with Gasteiger partial charge in [-0.3, -0.25) is 9.59 Å². The van der Waals surface area contributed by atoms with Crippen molar-refractivity contribution >= 4 is 11.8 Å². The van der Waals surface area contributed by atoms with Crippen LogP contribution in [0.4, 0.5) is 4.39 Å². The molecule has 0 aromatic heterocycles. The Balaban J connectivity index is 1.31. The second-order valence-electron chi connectivity index (χ2n) is 10.2. The van der Waals surface area contributed by atoms with Crippen molar-refractivity contribution in [3.05, 3.63) is 107 Å². The van der Waals surface area contributed by atoms with Gasteiger partial charge in [-0.05, 0) is 66.6 Å². The molecule has 1 N–H and O–H groups in total. The molecule has 2 heterocycles. The Labute approximate surface area is 218 Å². The molecule has 5 nitrogen and oxygen atoms in total. The summed E-state index contributed by atoms with van der Waals surface area (Å²) < 4.78 is 13.5. The minimum absolute atomic E-state index is 0.00827. The highest BCUT2D eigenvalue weighted by Crippen LogP contribution is 2.36. The summed E-state index contributed by atoms with van der Waals surface area (Å²) in [5.74, 6) is -0.397. The molecule has 2 aliphatic rings. The van der Waals surface area contributed by atoms with E-state index in [0.717, 1.165) is 50.9 Å². The Bertz CT molecular complexity index is 1240. The summed E-state index contributed by atoms with van der Waals surface area (Å²) in [7, 11) is 0. The van der Waals surface area contributed by atoms with Crippen molar-refractivity contribution in [2.45, 2.75) is 44.2 Å². The number of carbonyl (C=O) groups excluding carboxylic acids is 2. The molecule has 0 bridgehead atoms. The summed E-state index contributed by atoms with van der Waals surface area (Å²) in [6.07, 6.45) is 3.33. The number of amides is 2. The van der Waals surface area contributed by atoms with Gasteiger partial charge in [0.15, 0.2) is 0 Å². The van der Waals surface area contributed by atoms with Crippen LogP contribution < -0.4 is 5.32 Å². The molecule has 0 saturated carbocycles. The second kappa shape index (κ2) is 10.9. The smallest absolute Gasteiger partial charge is 0.254 e. The lowest BCUT2D eigenvalue weighted by atomic mass is 9.80. The van der Waals surface area contributed by atoms with E-state index in [1.807, 2.05) is 29.2 Å². The van der Waals surface area contributed by atoms with Crippen LogP contribution in [0.25, 0.3) is 0 Å². The van der Waals surface area contributed by atoms with Crippen molar-refractivity contribution in [3.8, 4) is 0 Å². The number of benzene rings is 3. The van der Waals surface area contributed by atoms with Gasteiger partial charge in [0, 0.05) is 38.7 Å². The molecule has 1 atom stereocenters. The lowest BCUT2D eigenvalue weighted by molar-refractivity contribution is -0.121. The third-order valence-electron chi connectivity index (χ3n) is 7.93. The van der Waals surface area contributed by atoms with Crippen LogP contribution in [0.1, 0.15) is 59.3 Å². The van der Waals surface area contributed by atoms with Crippen LogP contribution >= 0.6 is 0 Å². The Morgan fingerprint density at radius 1 is 0.919 bits per heavy atom. The first-order valence-electron chi connectivity index (χ1n) is 13.2. The Morgan fingerprint density at radius 3 is 2.30 bits per heavy atom. The maximum absolute atomic E-state index is 13.5. The standard InChI is InChI=1S/C31H34FN3O2/c1-23(36)33-31(26-8-3-2-4-9-26)17-21-34(22-18-31)19-16-29-28-10-6-5-7-24(28)15-20-35(29)30(37)25-11-13-27(32)14-12-25/h2-14,29H,15-22H2,1H3,(H,33,36). The highest BCUT2D eigenvalue weighted by Gasteiger charge is 2.37. The number of hydrogen-bond donors (Lipinski definition) is 1. The third kappa shape index (κ3) is 5.44. The zero-order chi connectivity index (χ0) is 25.8. The summed E-state index contributed by atoms with van der Waals surface area (Å²) in [6, 6.07) is 24.5. The molecule has 37 heavy (non-hydrogen) atoms. The number of rotatable bonds is 6. The molecule has 192 valence electrons. The van der Waals surface area contributed by atoms with E-state index in [1.54, 1.807) is 19.1 Å². The van der Waals surface area contributed by atoms with Gasteiger partial charge in [-0.2, -0.15) is 0 Å². The highest BCUT2D eigenvalue weighted by molar-refractivity contribution is 5.94. The van der Waals surface area contributed by atoms with Gasteiger partial charge in [-0.1, -0.05) is 54.6 Å². The number of halogens is 1. The molecule has 3 aromatic rings. The van der Waals surface area contributed by atoms with Gasteiger partial charge in [-0.25, -0.2) is 4.39 Å². The molecular weight excluding hydrogens is 465 g/mol. The molecule has 0 spiro atoms. The average molecular weight is 500 g/mol. The largest absolute Gasteiger partial charge is 0.347 e. The average Bonchev–Trinajstić information content (AvgIpc) is 2.92. The zero-order valence-corrected chi connectivity index (χ0v) is 21.3. The summed E-state index contributed by atoms with van der Waals surface area (Å²) in [4.78, 5) is 30.0. The normalized spacial score (nSPS) is 19.2. The van der Waals surface area contributed by atoms with Gasteiger partial charge < -0.3 is 15.1 Å². The van der Waals surface area contributed by atoms with Crippen molar-refractivity contribution in [3.63, 3.8) is 0 Å². The Morgan fingerprint density at radius 2 is 1.59 bits per heavy atom. The fraction of sp³-hybridized carbons (Fsp3) is 0.355. The molecule has 1 fully saturated rings.